The van der Waals surface area contributed by atoms with Crippen LogP contribution in [0.4, 0.5) is 0 Å². The van der Waals surface area contributed by atoms with Gasteiger partial charge in [-0.25, -0.2) is 9.97 Å². The number of nitrogens with two attached hydrogens (primary N) is 1. The summed E-state index contributed by atoms with van der Waals surface area (Å²) in [6, 6.07) is 12.2. The molecule has 128 valence electrons. The van der Waals surface area contributed by atoms with E-state index in [2.05, 4.69) is 22.1 Å². The Balaban J connectivity index is 1.51. The number of rotatable bonds is 4. The van der Waals surface area contributed by atoms with E-state index in [1.165, 1.54) is 5.56 Å². The fourth-order valence-corrected chi connectivity index (χ4v) is 3.28. The number of pyridine rings is 1. The van der Waals surface area contributed by atoms with Gasteiger partial charge in [0.2, 0.25) is 0 Å². The summed E-state index contributed by atoms with van der Waals surface area (Å²) in [6.45, 7) is 2.13. The number of carbonyl (C=O) groups is 1. The van der Waals surface area contributed by atoms with Crippen molar-refractivity contribution in [1.29, 1.82) is 0 Å². The minimum absolute atomic E-state index is 0.0128. The summed E-state index contributed by atoms with van der Waals surface area (Å²) >= 11 is 0. The molecule has 2 N–H and O–H groups in total. The molecule has 0 saturated carbocycles. The lowest BCUT2D eigenvalue weighted by Crippen LogP contribution is -2.31. The van der Waals surface area contributed by atoms with E-state index >= 15 is 0 Å². The van der Waals surface area contributed by atoms with E-state index in [4.69, 9.17) is 5.73 Å². The molecule has 2 aromatic heterocycles. The maximum absolute atomic E-state index is 12.5. The maximum Gasteiger partial charge on any atom is 0.255 e. The number of aryl methyl sites for hydroxylation is 2. The summed E-state index contributed by atoms with van der Waals surface area (Å²) in [5.74, 6) is -0.0128. The van der Waals surface area contributed by atoms with Crippen molar-refractivity contribution in [2.45, 2.75) is 25.4 Å². The minimum Gasteiger partial charge on any atom is -0.337 e. The van der Waals surface area contributed by atoms with E-state index in [1.54, 1.807) is 17.4 Å². The molecule has 3 aromatic rings. The molecule has 1 aliphatic rings. The Labute approximate surface area is 146 Å². The Hall–Kier alpha value is -2.73. The standard InChI is InChI=1S/C19H21N5O/c20-16-7-9-23(12-16)19(25)15-10-17-18(21-11-15)24(13-22-17)8-6-14-4-2-1-3-5-14/h1-5,10-11,13,16H,6-9,12,20H2. The maximum atomic E-state index is 12.5. The van der Waals surface area contributed by atoms with E-state index < -0.39 is 0 Å². The summed E-state index contributed by atoms with van der Waals surface area (Å²) in [5, 5.41) is 0. The molecular formula is C19H21N5O. The molecule has 1 atom stereocenters. The van der Waals surface area contributed by atoms with Gasteiger partial charge in [0.25, 0.3) is 5.91 Å². The third kappa shape index (κ3) is 3.25. The van der Waals surface area contributed by atoms with Crippen molar-refractivity contribution in [2.75, 3.05) is 13.1 Å². The SMILES string of the molecule is NC1CCN(C(=O)c2cnc3c(c2)ncn3CCc2ccccc2)C1. The van der Waals surface area contributed by atoms with Crippen molar-refractivity contribution >= 4 is 17.1 Å². The number of imidazole rings is 1. The monoisotopic (exact) mass is 335 g/mol. The van der Waals surface area contributed by atoms with Crippen LogP contribution in [0.1, 0.15) is 22.3 Å². The van der Waals surface area contributed by atoms with Crippen LogP contribution in [-0.4, -0.2) is 44.5 Å². The van der Waals surface area contributed by atoms with Crippen molar-refractivity contribution in [3.8, 4) is 0 Å². The van der Waals surface area contributed by atoms with Crippen molar-refractivity contribution < 1.29 is 4.79 Å². The van der Waals surface area contributed by atoms with E-state index in [-0.39, 0.29) is 11.9 Å². The first-order valence-corrected chi connectivity index (χ1v) is 8.60. The van der Waals surface area contributed by atoms with Crippen LogP contribution in [0.5, 0.6) is 0 Å². The highest BCUT2D eigenvalue weighted by molar-refractivity contribution is 5.96. The van der Waals surface area contributed by atoms with Gasteiger partial charge in [-0.1, -0.05) is 30.3 Å². The predicted molar refractivity (Wildman–Crippen MR) is 96.2 cm³/mol. The average molecular weight is 335 g/mol. The van der Waals surface area contributed by atoms with Crippen LogP contribution in [0.15, 0.2) is 48.9 Å². The Morgan fingerprint density at radius 3 is 2.84 bits per heavy atom. The van der Waals surface area contributed by atoms with Crippen molar-refractivity contribution in [3.63, 3.8) is 0 Å². The zero-order valence-corrected chi connectivity index (χ0v) is 14.0. The molecule has 0 radical (unpaired) electrons. The van der Waals surface area contributed by atoms with Crippen LogP contribution >= 0.6 is 0 Å². The van der Waals surface area contributed by atoms with Crippen LogP contribution in [0.3, 0.4) is 0 Å². The molecule has 0 spiro atoms. The fourth-order valence-electron chi connectivity index (χ4n) is 3.28. The quantitative estimate of drug-likeness (QED) is 0.789. The highest BCUT2D eigenvalue weighted by Gasteiger charge is 2.25. The molecule has 6 heteroatoms. The number of carbonyl (C=O) groups excluding carboxylic acids is 1. The van der Waals surface area contributed by atoms with Crippen molar-refractivity contribution in [2.24, 2.45) is 5.73 Å². The molecule has 25 heavy (non-hydrogen) atoms. The van der Waals surface area contributed by atoms with Gasteiger partial charge < -0.3 is 15.2 Å². The summed E-state index contributed by atoms with van der Waals surface area (Å²) in [4.78, 5) is 23.2. The number of likely N-dealkylation sites (tertiary alicyclic amines) is 1. The topological polar surface area (TPSA) is 77.0 Å². The van der Waals surface area contributed by atoms with Gasteiger partial charge in [-0.2, -0.15) is 0 Å². The zero-order valence-electron chi connectivity index (χ0n) is 14.0. The number of hydrogen-bond acceptors (Lipinski definition) is 4. The Morgan fingerprint density at radius 2 is 2.08 bits per heavy atom. The summed E-state index contributed by atoms with van der Waals surface area (Å²) in [6.07, 6.45) is 5.21. The molecule has 4 rings (SSSR count). The van der Waals surface area contributed by atoms with Gasteiger partial charge in [-0.3, -0.25) is 4.79 Å². The second kappa shape index (κ2) is 6.64. The van der Waals surface area contributed by atoms with Gasteiger partial charge in [0, 0.05) is 31.9 Å². The van der Waals surface area contributed by atoms with Crippen molar-refractivity contribution in [1.82, 2.24) is 19.4 Å². The predicted octanol–water partition coefficient (Wildman–Crippen LogP) is 1.85. The number of nitrogens with zero attached hydrogens (tertiary/aromatic N) is 4. The normalized spacial score (nSPS) is 17.3. The average Bonchev–Trinajstić information content (AvgIpc) is 3.26. The first-order valence-electron chi connectivity index (χ1n) is 8.60. The van der Waals surface area contributed by atoms with Crippen molar-refractivity contribution in [3.05, 3.63) is 60.0 Å². The summed E-state index contributed by atoms with van der Waals surface area (Å²) in [7, 11) is 0. The largest absolute Gasteiger partial charge is 0.337 e. The Bertz CT molecular complexity index is 889. The lowest BCUT2D eigenvalue weighted by atomic mass is 10.1. The van der Waals surface area contributed by atoms with E-state index in [0.29, 0.717) is 18.7 Å². The second-order valence-corrected chi connectivity index (χ2v) is 6.54. The highest BCUT2D eigenvalue weighted by Crippen LogP contribution is 2.17. The molecule has 1 saturated heterocycles. The smallest absolute Gasteiger partial charge is 0.255 e. The van der Waals surface area contributed by atoms with Crippen LogP contribution in [0, 0.1) is 0 Å². The number of amides is 1. The zero-order chi connectivity index (χ0) is 17.2. The fraction of sp³-hybridized carbons (Fsp3) is 0.316. The van der Waals surface area contributed by atoms with Gasteiger partial charge in [0.1, 0.15) is 5.52 Å². The van der Waals surface area contributed by atoms with Crippen LogP contribution in [0.25, 0.3) is 11.2 Å². The molecule has 1 amide bonds. The Morgan fingerprint density at radius 1 is 1.24 bits per heavy atom. The lowest BCUT2D eigenvalue weighted by molar-refractivity contribution is 0.0790. The second-order valence-electron chi connectivity index (χ2n) is 6.54. The van der Waals surface area contributed by atoms with E-state index in [9.17, 15) is 4.79 Å². The Kier molecular flexibility index (Phi) is 4.19. The third-order valence-electron chi connectivity index (χ3n) is 4.70. The lowest BCUT2D eigenvalue weighted by Gasteiger charge is -2.15. The van der Waals surface area contributed by atoms with Gasteiger partial charge in [-0.05, 0) is 24.5 Å². The summed E-state index contributed by atoms with van der Waals surface area (Å²) < 4.78 is 2.03. The number of benzene rings is 1. The molecule has 6 nitrogen and oxygen atoms in total. The van der Waals surface area contributed by atoms with E-state index in [0.717, 1.165) is 30.6 Å². The van der Waals surface area contributed by atoms with E-state index in [1.807, 2.05) is 28.8 Å². The first kappa shape index (κ1) is 15.8. The van der Waals surface area contributed by atoms with Gasteiger partial charge in [-0.15, -0.1) is 0 Å². The first-order chi connectivity index (χ1) is 12.2. The van der Waals surface area contributed by atoms with Crippen LogP contribution in [0.2, 0.25) is 0 Å². The minimum atomic E-state index is -0.0128. The van der Waals surface area contributed by atoms with Crippen LogP contribution in [-0.2, 0) is 13.0 Å². The molecule has 3 heterocycles. The number of aromatic nitrogens is 3. The highest BCUT2D eigenvalue weighted by atomic mass is 16.2. The number of hydrogen-bond donors (Lipinski definition) is 1. The van der Waals surface area contributed by atoms with Crippen LogP contribution < -0.4 is 5.73 Å². The molecule has 0 bridgehead atoms. The van der Waals surface area contributed by atoms with Gasteiger partial charge in [0.05, 0.1) is 11.9 Å². The number of fused-ring (bicyclic) bond motifs is 1. The molecule has 1 aromatic carbocycles. The molecule has 1 fully saturated rings. The molecule has 1 aliphatic heterocycles. The molecule has 0 aliphatic carbocycles. The molecule has 1 unspecified atom stereocenters. The summed E-state index contributed by atoms with van der Waals surface area (Å²) in [5.41, 5.74) is 9.31. The third-order valence-corrected chi connectivity index (χ3v) is 4.70. The molecular weight excluding hydrogens is 314 g/mol. The van der Waals surface area contributed by atoms with Gasteiger partial charge in [0.15, 0.2) is 5.65 Å². The van der Waals surface area contributed by atoms with Gasteiger partial charge >= 0.3 is 0 Å².